The van der Waals surface area contributed by atoms with Crippen molar-refractivity contribution in [3.05, 3.63) is 41.3 Å². The van der Waals surface area contributed by atoms with Crippen LogP contribution in [0.15, 0.2) is 35.7 Å². The highest BCUT2D eigenvalue weighted by molar-refractivity contribution is 7.95. The van der Waals surface area contributed by atoms with E-state index in [4.69, 9.17) is 0 Å². The van der Waals surface area contributed by atoms with Gasteiger partial charge in [0.1, 0.15) is 5.83 Å². The molecule has 0 amide bonds. The van der Waals surface area contributed by atoms with Crippen LogP contribution in [0.25, 0.3) is 5.83 Å². The van der Waals surface area contributed by atoms with Gasteiger partial charge in [0.15, 0.2) is 0 Å². The SMILES string of the molecule is O=S(=O)(/C=C(\F)c1ccccc1)C(F)(F)F. The third kappa shape index (κ3) is 2.82. The lowest BCUT2D eigenvalue weighted by Gasteiger charge is -2.03. The zero-order valence-electron chi connectivity index (χ0n) is 7.70. The average Bonchev–Trinajstić information content (AvgIpc) is 2.16. The number of hydrogen-bond donors (Lipinski definition) is 0. The molecule has 0 N–H and O–H groups in total. The number of alkyl halides is 3. The summed E-state index contributed by atoms with van der Waals surface area (Å²) in [4.78, 5) is 0. The molecule has 0 aliphatic rings. The predicted molar refractivity (Wildman–Crippen MR) is 50.5 cm³/mol. The van der Waals surface area contributed by atoms with Crippen LogP contribution in [-0.2, 0) is 9.84 Å². The molecule has 0 aliphatic carbocycles. The Kier molecular flexibility index (Phi) is 3.37. The molecule has 0 bridgehead atoms. The average molecular weight is 254 g/mol. The summed E-state index contributed by atoms with van der Waals surface area (Å²) < 4.78 is 70.1. The summed E-state index contributed by atoms with van der Waals surface area (Å²) >= 11 is 0. The fourth-order valence-electron chi connectivity index (χ4n) is 0.868. The summed E-state index contributed by atoms with van der Waals surface area (Å²) in [6.45, 7) is 0. The monoisotopic (exact) mass is 254 g/mol. The lowest BCUT2D eigenvalue weighted by Crippen LogP contribution is -2.20. The second-order valence-corrected chi connectivity index (χ2v) is 4.61. The maximum absolute atomic E-state index is 13.1. The van der Waals surface area contributed by atoms with Crippen LogP contribution in [0.2, 0.25) is 0 Å². The third-order valence-electron chi connectivity index (χ3n) is 1.63. The van der Waals surface area contributed by atoms with Gasteiger partial charge >= 0.3 is 5.51 Å². The van der Waals surface area contributed by atoms with Gasteiger partial charge < -0.3 is 0 Å². The highest BCUT2D eigenvalue weighted by Crippen LogP contribution is 2.28. The number of benzene rings is 1. The number of halogens is 4. The quantitative estimate of drug-likeness (QED) is 0.760. The van der Waals surface area contributed by atoms with Crippen LogP contribution in [-0.4, -0.2) is 13.9 Å². The van der Waals surface area contributed by atoms with Crippen molar-refractivity contribution < 1.29 is 26.0 Å². The van der Waals surface area contributed by atoms with E-state index in [2.05, 4.69) is 0 Å². The first-order chi connectivity index (χ1) is 7.24. The standard InChI is InChI=1S/C9H6F4O2S/c10-8(7-4-2-1-3-5-7)6-16(14,15)9(11,12)13/h1-6H/b8-6-. The zero-order valence-corrected chi connectivity index (χ0v) is 8.52. The van der Waals surface area contributed by atoms with E-state index in [-0.39, 0.29) is 5.56 Å². The molecule has 0 saturated heterocycles. The van der Waals surface area contributed by atoms with Crippen LogP contribution in [0.1, 0.15) is 5.56 Å². The lowest BCUT2D eigenvalue weighted by molar-refractivity contribution is -0.0423. The highest BCUT2D eigenvalue weighted by atomic mass is 32.2. The van der Waals surface area contributed by atoms with Gasteiger partial charge in [-0.05, 0) is 0 Å². The normalized spacial score (nSPS) is 13.9. The van der Waals surface area contributed by atoms with Crippen molar-refractivity contribution in [2.45, 2.75) is 5.51 Å². The summed E-state index contributed by atoms with van der Waals surface area (Å²) in [5.41, 5.74) is -5.71. The van der Waals surface area contributed by atoms with E-state index in [9.17, 15) is 26.0 Å². The van der Waals surface area contributed by atoms with Crippen molar-refractivity contribution in [2.75, 3.05) is 0 Å². The molecular formula is C9H6F4O2S. The third-order valence-corrected chi connectivity index (χ3v) is 2.79. The van der Waals surface area contributed by atoms with Gasteiger partial charge in [-0.2, -0.15) is 13.2 Å². The Morgan fingerprint density at radius 3 is 2.06 bits per heavy atom. The molecule has 0 aliphatic heterocycles. The van der Waals surface area contributed by atoms with Crippen molar-refractivity contribution in [1.29, 1.82) is 0 Å². The molecule has 0 atom stereocenters. The number of rotatable bonds is 2. The number of sulfone groups is 1. The summed E-state index contributed by atoms with van der Waals surface area (Å²) in [6, 6.07) is 6.61. The molecule has 0 radical (unpaired) electrons. The largest absolute Gasteiger partial charge is 0.501 e. The molecule has 16 heavy (non-hydrogen) atoms. The van der Waals surface area contributed by atoms with Gasteiger partial charge in [-0.25, -0.2) is 12.8 Å². The molecule has 0 heterocycles. The van der Waals surface area contributed by atoms with Gasteiger partial charge in [0.05, 0.1) is 5.41 Å². The Bertz CT molecular complexity index is 488. The molecule has 0 unspecified atom stereocenters. The van der Waals surface area contributed by atoms with E-state index in [0.717, 1.165) is 12.1 Å². The minimum atomic E-state index is -5.58. The molecule has 0 spiro atoms. The Morgan fingerprint density at radius 1 is 1.12 bits per heavy atom. The second-order valence-electron chi connectivity index (χ2n) is 2.82. The van der Waals surface area contributed by atoms with Crippen molar-refractivity contribution in [1.82, 2.24) is 0 Å². The Labute approximate surface area is 89.1 Å². The Hall–Kier alpha value is -1.37. The first kappa shape index (κ1) is 12.7. The van der Waals surface area contributed by atoms with Gasteiger partial charge in [-0.15, -0.1) is 0 Å². The molecule has 0 fully saturated rings. The van der Waals surface area contributed by atoms with Crippen LogP contribution >= 0.6 is 0 Å². The van der Waals surface area contributed by atoms with E-state index < -0.39 is 26.6 Å². The van der Waals surface area contributed by atoms with E-state index in [0.29, 0.717) is 0 Å². The summed E-state index contributed by atoms with van der Waals surface area (Å²) in [6.07, 6.45) is 0. The van der Waals surface area contributed by atoms with Gasteiger partial charge in [0, 0.05) is 5.56 Å². The molecule has 0 saturated carbocycles. The first-order valence-electron chi connectivity index (χ1n) is 3.98. The minimum Gasteiger partial charge on any atom is -0.215 e. The molecule has 1 aromatic rings. The molecule has 7 heteroatoms. The molecule has 1 aromatic carbocycles. The van der Waals surface area contributed by atoms with Crippen LogP contribution in [0, 0.1) is 0 Å². The maximum atomic E-state index is 13.1. The fraction of sp³-hybridized carbons (Fsp3) is 0.111. The molecule has 2 nitrogen and oxygen atoms in total. The van der Waals surface area contributed by atoms with Crippen LogP contribution in [0.3, 0.4) is 0 Å². The Morgan fingerprint density at radius 2 is 1.62 bits per heavy atom. The maximum Gasteiger partial charge on any atom is 0.501 e. The minimum absolute atomic E-state index is 0.227. The van der Waals surface area contributed by atoms with Crippen molar-refractivity contribution in [3.8, 4) is 0 Å². The molecule has 88 valence electrons. The zero-order chi connectivity index (χ0) is 12.4. The van der Waals surface area contributed by atoms with Crippen molar-refractivity contribution in [3.63, 3.8) is 0 Å². The van der Waals surface area contributed by atoms with Crippen LogP contribution in [0.4, 0.5) is 17.6 Å². The van der Waals surface area contributed by atoms with E-state index in [1.807, 2.05) is 0 Å². The lowest BCUT2D eigenvalue weighted by atomic mass is 10.2. The second kappa shape index (κ2) is 4.25. The van der Waals surface area contributed by atoms with Crippen molar-refractivity contribution >= 4 is 15.7 Å². The molecule has 0 aromatic heterocycles. The molecule has 1 rings (SSSR count). The fourth-order valence-corrected chi connectivity index (χ4v) is 1.41. The summed E-state index contributed by atoms with van der Waals surface area (Å²) in [5, 5.41) is -0.428. The van der Waals surface area contributed by atoms with Gasteiger partial charge in [-0.3, -0.25) is 0 Å². The van der Waals surface area contributed by atoms with E-state index in [1.165, 1.54) is 18.2 Å². The summed E-state index contributed by atoms with van der Waals surface area (Å²) in [7, 11) is -5.58. The van der Waals surface area contributed by atoms with E-state index in [1.54, 1.807) is 0 Å². The van der Waals surface area contributed by atoms with Crippen LogP contribution < -0.4 is 0 Å². The van der Waals surface area contributed by atoms with Crippen molar-refractivity contribution in [2.24, 2.45) is 0 Å². The first-order valence-corrected chi connectivity index (χ1v) is 5.52. The van der Waals surface area contributed by atoms with Gasteiger partial charge in [0.25, 0.3) is 9.84 Å². The van der Waals surface area contributed by atoms with Crippen LogP contribution in [0.5, 0.6) is 0 Å². The topological polar surface area (TPSA) is 34.1 Å². The smallest absolute Gasteiger partial charge is 0.215 e. The highest BCUT2D eigenvalue weighted by Gasteiger charge is 2.44. The van der Waals surface area contributed by atoms with Gasteiger partial charge in [-0.1, -0.05) is 30.3 Å². The predicted octanol–water partition coefficient (Wildman–Crippen LogP) is 2.89. The number of hydrogen-bond acceptors (Lipinski definition) is 2. The van der Waals surface area contributed by atoms with Gasteiger partial charge in [0.2, 0.25) is 0 Å². The van der Waals surface area contributed by atoms with E-state index >= 15 is 0 Å². The summed E-state index contributed by atoms with van der Waals surface area (Å²) in [5.74, 6) is -1.45. The Balaban J connectivity index is 3.13. The molecular weight excluding hydrogens is 248 g/mol.